The van der Waals surface area contributed by atoms with E-state index in [0.717, 1.165) is 28.2 Å². The SMILES string of the molecule is COc1cc(C2C=C(CN3CCN(Sc4ccccc4[N+](=O)[O-])C(C)C3=O)C=CN2)cc(OC)c1C. The number of piperazine rings is 1. The second-order valence-corrected chi connectivity index (χ2v) is 9.75. The molecule has 1 fully saturated rings. The van der Waals surface area contributed by atoms with Crippen molar-refractivity contribution in [1.29, 1.82) is 0 Å². The maximum absolute atomic E-state index is 13.2. The van der Waals surface area contributed by atoms with Crippen LogP contribution in [0.3, 0.4) is 0 Å². The molecule has 0 saturated carbocycles. The van der Waals surface area contributed by atoms with Crippen molar-refractivity contribution in [3.05, 3.63) is 81.6 Å². The molecule has 0 spiro atoms. The summed E-state index contributed by atoms with van der Waals surface area (Å²) in [6, 6.07) is 10.1. The average molecular weight is 511 g/mol. The van der Waals surface area contributed by atoms with Gasteiger partial charge in [-0.25, -0.2) is 4.31 Å². The van der Waals surface area contributed by atoms with E-state index in [1.807, 2.05) is 47.5 Å². The fraction of sp³-hybridized carbons (Fsp3) is 0.346. The molecule has 2 aliphatic heterocycles. The van der Waals surface area contributed by atoms with Crippen LogP contribution in [-0.2, 0) is 4.79 Å². The summed E-state index contributed by atoms with van der Waals surface area (Å²) in [6.07, 6.45) is 5.98. The summed E-state index contributed by atoms with van der Waals surface area (Å²) < 4.78 is 13.0. The molecular weight excluding hydrogens is 480 g/mol. The summed E-state index contributed by atoms with van der Waals surface area (Å²) >= 11 is 1.27. The van der Waals surface area contributed by atoms with E-state index in [-0.39, 0.29) is 17.6 Å². The van der Waals surface area contributed by atoms with Crippen molar-refractivity contribution in [3.8, 4) is 11.5 Å². The van der Waals surface area contributed by atoms with Crippen molar-refractivity contribution in [2.24, 2.45) is 0 Å². The normalized spacial score (nSPS) is 20.1. The molecule has 2 heterocycles. The zero-order valence-corrected chi connectivity index (χ0v) is 21.6. The van der Waals surface area contributed by atoms with Gasteiger partial charge in [-0.15, -0.1) is 0 Å². The van der Waals surface area contributed by atoms with Crippen molar-refractivity contribution in [1.82, 2.24) is 14.5 Å². The predicted molar refractivity (Wildman–Crippen MR) is 139 cm³/mol. The molecule has 2 aromatic carbocycles. The number of carbonyl (C=O) groups is 1. The van der Waals surface area contributed by atoms with E-state index in [0.29, 0.717) is 24.5 Å². The van der Waals surface area contributed by atoms with Gasteiger partial charge in [-0.05, 0) is 67.4 Å². The third-order valence-electron chi connectivity index (χ3n) is 6.43. The minimum atomic E-state index is -0.406. The molecule has 190 valence electrons. The van der Waals surface area contributed by atoms with E-state index in [4.69, 9.17) is 9.47 Å². The van der Waals surface area contributed by atoms with Gasteiger partial charge in [0.2, 0.25) is 5.91 Å². The smallest absolute Gasteiger partial charge is 0.284 e. The number of dihydropyridines is 1. The van der Waals surface area contributed by atoms with E-state index in [1.54, 1.807) is 32.4 Å². The fourth-order valence-electron chi connectivity index (χ4n) is 4.38. The van der Waals surface area contributed by atoms with E-state index in [1.165, 1.54) is 18.0 Å². The molecule has 36 heavy (non-hydrogen) atoms. The van der Waals surface area contributed by atoms with Crippen LogP contribution < -0.4 is 14.8 Å². The lowest BCUT2D eigenvalue weighted by atomic mass is 9.98. The number of para-hydroxylation sites is 1. The number of hydrogen-bond donors (Lipinski definition) is 1. The number of rotatable bonds is 8. The Balaban J connectivity index is 1.46. The molecule has 0 bridgehead atoms. The summed E-state index contributed by atoms with van der Waals surface area (Å²) in [4.78, 5) is 26.6. The molecule has 1 amide bonds. The molecule has 4 rings (SSSR count). The Bertz CT molecular complexity index is 1190. The van der Waals surface area contributed by atoms with Crippen LogP contribution in [0.5, 0.6) is 11.5 Å². The van der Waals surface area contributed by atoms with Gasteiger partial charge in [0.05, 0.1) is 31.2 Å². The Morgan fingerprint density at radius 3 is 2.53 bits per heavy atom. The molecule has 1 N–H and O–H groups in total. The van der Waals surface area contributed by atoms with Gasteiger partial charge in [-0.2, -0.15) is 0 Å². The second kappa shape index (κ2) is 11.0. The lowest BCUT2D eigenvalue weighted by Gasteiger charge is -2.38. The first-order valence-corrected chi connectivity index (χ1v) is 12.4. The molecule has 1 saturated heterocycles. The van der Waals surface area contributed by atoms with Crippen LogP contribution in [0.1, 0.15) is 24.1 Å². The Morgan fingerprint density at radius 1 is 1.17 bits per heavy atom. The van der Waals surface area contributed by atoms with Gasteiger partial charge in [-0.3, -0.25) is 14.9 Å². The van der Waals surface area contributed by atoms with Crippen molar-refractivity contribution in [2.75, 3.05) is 33.9 Å². The van der Waals surface area contributed by atoms with E-state index in [2.05, 4.69) is 11.4 Å². The quantitative estimate of drug-likeness (QED) is 0.320. The number of carbonyl (C=O) groups excluding carboxylic acids is 1. The molecule has 2 aliphatic rings. The summed E-state index contributed by atoms with van der Waals surface area (Å²) in [5.41, 5.74) is 3.01. The topological polar surface area (TPSA) is 97.2 Å². The van der Waals surface area contributed by atoms with Crippen LogP contribution >= 0.6 is 11.9 Å². The number of nitro benzene ring substituents is 1. The molecule has 0 aliphatic carbocycles. The molecule has 9 nitrogen and oxygen atoms in total. The molecule has 10 heteroatoms. The summed E-state index contributed by atoms with van der Waals surface area (Å²) in [6.45, 7) is 5.43. The largest absolute Gasteiger partial charge is 0.496 e. The highest BCUT2D eigenvalue weighted by atomic mass is 32.2. The highest BCUT2D eigenvalue weighted by molar-refractivity contribution is 7.97. The average Bonchev–Trinajstić information content (AvgIpc) is 2.89. The molecule has 2 aromatic rings. The molecule has 0 radical (unpaired) electrons. The van der Waals surface area contributed by atoms with Gasteiger partial charge in [0, 0.05) is 31.3 Å². The Morgan fingerprint density at radius 2 is 1.86 bits per heavy atom. The van der Waals surface area contributed by atoms with Crippen LogP contribution in [-0.4, -0.2) is 59.9 Å². The van der Waals surface area contributed by atoms with Crippen molar-refractivity contribution >= 4 is 23.5 Å². The Hall–Kier alpha value is -3.50. The molecular formula is C26H30N4O5S. The first kappa shape index (κ1) is 25.6. The molecule has 0 aromatic heterocycles. The van der Waals surface area contributed by atoms with Crippen LogP contribution in [0.25, 0.3) is 0 Å². The van der Waals surface area contributed by atoms with Crippen molar-refractivity contribution < 1.29 is 19.2 Å². The summed E-state index contributed by atoms with van der Waals surface area (Å²) in [5, 5.41) is 14.7. The maximum Gasteiger partial charge on any atom is 0.284 e. The number of nitro groups is 1. The van der Waals surface area contributed by atoms with Crippen LogP contribution in [0.15, 0.2) is 65.2 Å². The number of ether oxygens (including phenoxy) is 2. The Labute approximate surface area is 215 Å². The van der Waals surface area contributed by atoms with Crippen molar-refractivity contribution in [3.63, 3.8) is 0 Å². The van der Waals surface area contributed by atoms with E-state index >= 15 is 0 Å². The molecule has 2 unspecified atom stereocenters. The summed E-state index contributed by atoms with van der Waals surface area (Å²) in [5.74, 6) is 1.51. The minimum Gasteiger partial charge on any atom is -0.496 e. The maximum atomic E-state index is 13.2. The number of nitrogens with zero attached hydrogens (tertiary/aromatic N) is 3. The van der Waals surface area contributed by atoms with E-state index < -0.39 is 11.0 Å². The number of amides is 1. The van der Waals surface area contributed by atoms with Gasteiger partial charge in [0.1, 0.15) is 16.4 Å². The first-order valence-electron chi connectivity index (χ1n) is 11.6. The van der Waals surface area contributed by atoms with E-state index in [9.17, 15) is 14.9 Å². The van der Waals surface area contributed by atoms with Gasteiger partial charge in [0.25, 0.3) is 5.69 Å². The van der Waals surface area contributed by atoms with Gasteiger partial charge in [-0.1, -0.05) is 18.2 Å². The zero-order chi connectivity index (χ0) is 25.8. The highest BCUT2D eigenvalue weighted by Crippen LogP contribution is 2.35. The van der Waals surface area contributed by atoms with Gasteiger partial charge < -0.3 is 19.7 Å². The Kier molecular flexibility index (Phi) is 7.85. The minimum absolute atomic E-state index is 0.00427. The lowest BCUT2D eigenvalue weighted by molar-refractivity contribution is -0.387. The number of methoxy groups -OCH3 is 2. The summed E-state index contributed by atoms with van der Waals surface area (Å²) in [7, 11) is 3.28. The third kappa shape index (κ3) is 5.34. The van der Waals surface area contributed by atoms with Crippen LogP contribution in [0, 0.1) is 17.0 Å². The predicted octanol–water partition coefficient (Wildman–Crippen LogP) is 4.24. The van der Waals surface area contributed by atoms with Gasteiger partial charge in [0.15, 0.2) is 0 Å². The van der Waals surface area contributed by atoms with Crippen molar-refractivity contribution in [2.45, 2.75) is 30.8 Å². The fourth-order valence-corrected chi connectivity index (χ4v) is 5.43. The highest BCUT2D eigenvalue weighted by Gasteiger charge is 2.33. The van der Waals surface area contributed by atoms with Crippen LogP contribution in [0.2, 0.25) is 0 Å². The second-order valence-electron chi connectivity index (χ2n) is 8.66. The first-order chi connectivity index (χ1) is 17.3. The molecule has 2 atom stereocenters. The van der Waals surface area contributed by atoms with Crippen LogP contribution in [0.4, 0.5) is 5.69 Å². The lowest BCUT2D eigenvalue weighted by Crippen LogP contribution is -2.53. The number of hydrogen-bond acceptors (Lipinski definition) is 8. The number of benzene rings is 2. The number of nitrogens with one attached hydrogen (secondary N) is 1. The monoisotopic (exact) mass is 510 g/mol. The third-order valence-corrected chi connectivity index (χ3v) is 7.71. The standard InChI is InChI=1S/C26H30N4O5S/c1-17-23(34-3)14-20(15-24(17)35-4)21-13-19(9-10-27-21)16-28-11-12-29(18(2)26(28)31)36-25-8-6-5-7-22(25)30(32)33/h5-10,13-15,18,21,27H,11-12,16H2,1-4H3. The zero-order valence-electron chi connectivity index (χ0n) is 20.8. The van der Waals surface area contributed by atoms with Gasteiger partial charge >= 0.3 is 0 Å².